The van der Waals surface area contributed by atoms with Gasteiger partial charge in [0.05, 0.1) is 17.4 Å². The van der Waals surface area contributed by atoms with E-state index in [1.54, 1.807) is 24.8 Å². The minimum Gasteiger partial charge on any atom is -0.475 e. The Bertz CT molecular complexity index is 2020. The second kappa shape index (κ2) is 15.1. The molecule has 12 nitrogen and oxygen atoms in total. The van der Waals surface area contributed by atoms with Gasteiger partial charge in [0.2, 0.25) is 5.82 Å². The lowest BCUT2D eigenvalue weighted by Gasteiger charge is -2.13. The third kappa shape index (κ3) is 9.16. The number of benzene rings is 2. The van der Waals surface area contributed by atoms with E-state index in [4.69, 9.17) is 30.5 Å². The van der Waals surface area contributed by atoms with Crippen molar-refractivity contribution in [3.8, 4) is 45.4 Å². The van der Waals surface area contributed by atoms with Crippen molar-refractivity contribution in [2.24, 2.45) is 5.73 Å². The zero-order chi connectivity index (χ0) is 35.8. The van der Waals surface area contributed by atoms with Crippen molar-refractivity contribution in [1.82, 2.24) is 35.1 Å². The van der Waals surface area contributed by atoms with Crippen LogP contribution in [-0.2, 0) is 16.1 Å². The minimum atomic E-state index is -5.08. The summed E-state index contributed by atoms with van der Waals surface area (Å²) >= 11 is 0. The fourth-order valence-corrected chi connectivity index (χ4v) is 4.04. The van der Waals surface area contributed by atoms with Gasteiger partial charge in [0.1, 0.15) is 11.4 Å². The first-order chi connectivity index (χ1) is 23.2. The Kier molecular flexibility index (Phi) is 10.9. The van der Waals surface area contributed by atoms with Crippen molar-refractivity contribution < 1.29 is 46.1 Å². The molecular weight excluding hydrogens is 662 g/mol. The average Bonchev–Trinajstić information content (AvgIpc) is 3.58. The Hall–Kier alpha value is -6.30. The van der Waals surface area contributed by atoms with Gasteiger partial charge in [-0.15, -0.1) is 0 Å². The molecule has 0 saturated heterocycles. The Morgan fingerprint density at radius 3 is 1.94 bits per heavy atom. The van der Waals surface area contributed by atoms with Crippen LogP contribution in [0.3, 0.4) is 0 Å². The van der Waals surface area contributed by atoms with Gasteiger partial charge in [0.25, 0.3) is 0 Å². The number of alkyl halides is 6. The topological polar surface area (TPSA) is 194 Å². The summed E-state index contributed by atoms with van der Waals surface area (Å²) in [4.78, 5) is 40.5. The maximum Gasteiger partial charge on any atom is 0.490 e. The third-order valence-electron chi connectivity index (χ3n) is 6.28. The number of rotatable bonds is 5. The van der Waals surface area contributed by atoms with E-state index in [-0.39, 0.29) is 0 Å². The molecule has 252 valence electrons. The molecule has 0 atom stereocenters. The number of aliphatic carboxylic acids is 2. The molecule has 0 bridgehead atoms. The highest BCUT2D eigenvalue weighted by atomic mass is 19.4. The number of nitrogens with two attached hydrogens (primary N) is 1. The number of nitrogens with zero attached hydrogens (tertiary/aromatic N) is 6. The maximum absolute atomic E-state index is 10.6. The molecule has 0 radical (unpaired) electrons. The van der Waals surface area contributed by atoms with Crippen LogP contribution in [0.15, 0.2) is 91.5 Å². The number of pyridine rings is 2. The number of carbonyl (C=O) groups is 2. The van der Waals surface area contributed by atoms with Crippen LogP contribution in [0.2, 0.25) is 0 Å². The molecule has 4 aromatic heterocycles. The van der Waals surface area contributed by atoms with Gasteiger partial charge in [0, 0.05) is 41.6 Å². The molecule has 0 amide bonds. The predicted octanol–water partition coefficient (Wildman–Crippen LogP) is 5.93. The Morgan fingerprint density at radius 2 is 1.39 bits per heavy atom. The number of halogens is 6. The molecule has 6 rings (SSSR count). The third-order valence-corrected chi connectivity index (χ3v) is 6.28. The number of hydrogen-bond acceptors (Lipinski definition) is 9. The van der Waals surface area contributed by atoms with E-state index in [9.17, 15) is 26.3 Å². The van der Waals surface area contributed by atoms with Crippen molar-refractivity contribution in [2.75, 3.05) is 0 Å². The van der Waals surface area contributed by atoms with E-state index in [0.29, 0.717) is 29.6 Å². The first-order valence-electron chi connectivity index (χ1n) is 13.6. The van der Waals surface area contributed by atoms with Crippen LogP contribution in [-0.4, -0.2) is 69.6 Å². The smallest absolute Gasteiger partial charge is 0.475 e. The van der Waals surface area contributed by atoms with Gasteiger partial charge in [-0.25, -0.2) is 24.5 Å². The van der Waals surface area contributed by atoms with Crippen LogP contribution < -0.4 is 5.73 Å². The van der Waals surface area contributed by atoms with Crippen LogP contribution in [0.4, 0.5) is 26.3 Å². The summed E-state index contributed by atoms with van der Waals surface area (Å²) < 4.78 is 63.5. The molecule has 0 aliphatic heterocycles. The highest BCUT2D eigenvalue weighted by Crippen LogP contribution is 2.36. The number of nitrogens with one attached hydrogen (secondary N) is 1. The Balaban J connectivity index is 0.000000327. The number of aromatic amines is 1. The van der Waals surface area contributed by atoms with Gasteiger partial charge in [0.15, 0.2) is 5.82 Å². The van der Waals surface area contributed by atoms with Gasteiger partial charge < -0.3 is 15.9 Å². The molecule has 0 saturated carbocycles. The Morgan fingerprint density at radius 1 is 0.755 bits per heavy atom. The first-order valence-corrected chi connectivity index (χ1v) is 13.6. The van der Waals surface area contributed by atoms with E-state index >= 15 is 0 Å². The molecule has 0 unspecified atom stereocenters. The largest absolute Gasteiger partial charge is 0.490 e. The summed E-state index contributed by atoms with van der Waals surface area (Å²) in [5, 5.41) is 22.4. The molecule has 0 fully saturated rings. The number of aromatic nitrogens is 7. The SMILES string of the molecule is NCc1ccc(-c2nc3ccnc(-c4nc(-c5cnccn5)n[nH]4)c3cc2-c2ccccc2)cc1.O=C(O)C(F)(F)F.O=C(O)C(F)(F)F. The average molecular weight is 685 g/mol. The fourth-order valence-electron chi connectivity index (χ4n) is 4.04. The summed E-state index contributed by atoms with van der Waals surface area (Å²) in [5.74, 6) is -4.52. The molecule has 18 heteroatoms. The second-order valence-electron chi connectivity index (χ2n) is 9.58. The summed E-state index contributed by atoms with van der Waals surface area (Å²) in [6.45, 7) is 0.500. The van der Waals surface area contributed by atoms with Crippen molar-refractivity contribution >= 4 is 22.8 Å². The molecule has 49 heavy (non-hydrogen) atoms. The van der Waals surface area contributed by atoms with E-state index in [0.717, 1.165) is 38.9 Å². The lowest BCUT2D eigenvalue weighted by Crippen LogP contribution is -2.21. The minimum absolute atomic E-state index is 0.458. The van der Waals surface area contributed by atoms with Crippen LogP contribution in [0, 0.1) is 0 Å². The zero-order valence-electron chi connectivity index (χ0n) is 24.6. The van der Waals surface area contributed by atoms with Crippen LogP contribution in [0.5, 0.6) is 0 Å². The maximum atomic E-state index is 10.6. The lowest BCUT2D eigenvalue weighted by molar-refractivity contribution is -0.193. The fraction of sp³-hybridized carbons (Fsp3) is 0.0968. The van der Waals surface area contributed by atoms with Crippen LogP contribution in [0.25, 0.3) is 56.3 Å². The first kappa shape index (κ1) is 35.6. The molecule has 2 aromatic carbocycles. The standard InChI is InChI=1S/C27H20N8.2C2HF3O2/c28-15-17-6-8-19(9-7-17)24-20(18-4-2-1-3-5-18)14-21-22(32-24)10-11-31-25(21)27-33-26(34-35-27)23-16-29-12-13-30-23;2*3-2(4,5)1(6)7/h1-14,16H,15,28H2,(H,33,34,35);2*(H,6,7). The second-order valence-corrected chi connectivity index (χ2v) is 9.58. The molecule has 0 aliphatic rings. The number of hydrogen-bond donors (Lipinski definition) is 4. The highest BCUT2D eigenvalue weighted by molar-refractivity contribution is 5.97. The molecular formula is C31H22F6N8O4. The number of fused-ring (bicyclic) bond motifs is 1. The molecule has 0 spiro atoms. The van der Waals surface area contributed by atoms with Gasteiger partial charge in [-0.2, -0.15) is 31.4 Å². The zero-order valence-corrected chi connectivity index (χ0v) is 24.6. The molecule has 6 aromatic rings. The van der Waals surface area contributed by atoms with E-state index in [1.165, 1.54) is 0 Å². The monoisotopic (exact) mass is 684 g/mol. The van der Waals surface area contributed by atoms with Crippen LogP contribution in [0.1, 0.15) is 5.56 Å². The van der Waals surface area contributed by atoms with Gasteiger partial charge in [-0.05, 0) is 23.3 Å². The van der Waals surface area contributed by atoms with E-state index in [1.807, 2.05) is 36.4 Å². The van der Waals surface area contributed by atoms with Gasteiger partial charge in [-0.3, -0.25) is 15.1 Å². The normalized spacial score (nSPS) is 11.2. The summed E-state index contributed by atoms with van der Waals surface area (Å²) in [7, 11) is 0. The van der Waals surface area contributed by atoms with Gasteiger partial charge >= 0.3 is 24.3 Å². The Labute approximate surface area is 271 Å². The predicted molar refractivity (Wildman–Crippen MR) is 162 cm³/mol. The van der Waals surface area contributed by atoms with Crippen molar-refractivity contribution in [1.29, 1.82) is 0 Å². The molecule has 5 N–H and O–H groups in total. The van der Waals surface area contributed by atoms with Crippen molar-refractivity contribution in [2.45, 2.75) is 18.9 Å². The summed E-state index contributed by atoms with van der Waals surface area (Å²) in [6.07, 6.45) is -3.58. The lowest BCUT2D eigenvalue weighted by atomic mass is 9.96. The number of carboxylic acids is 2. The number of H-pyrrole nitrogens is 1. The van der Waals surface area contributed by atoms with Gasteiger partial charge in [-0.1, -0.05) is 54.6 Å². The summed E-state index contributed by atoms with van der Waals surface area (Å²) in [5.41, 5.74) is 12.9. The van der Waals surface area contributed by atoms with Crippen molar-refractivity contribution in [3.63, 3.8) is 0 Å². The molecule has 4 heterocycles. The molecule has 0 aliphatic carbocycles. The van der Waals surface area contributed by atoms with Crippen LogP contribution >= 0.6 is 0 Å². The summed E-state index contributed by atoms with van der Waals surface area (Å²) in [6, 6.07) is 22.4. The van der Waals surface area contributed by atoms with Crippen molar-refractivity contribution in [3.05, 3.63) is 97.1 Å². The van der Waals surface area contributed by atoms with E-state index < -0.39 is 24.3 Å². The highest BCUT2D eigenvalue weighted by Gasteiger charge is 2.38. The quantitative estimate of drug-likeness (QED) is 0.157. The number of carboxylic acid groups (broad SMARTS) is 2. The van der Waals surface area contributed by atoms with E-state index in [2.05, 4.69) is 60.5 Å².